The van der Waals surface area contributed by atoms with Crippen LogP contribution in [0.25, 0.3) is 0 Å². The van der Waals surface area contributed by atoms with Crippen LogP contribution in [0.2, 0.25) is 5.02 Å². The quantitative estimate of drug-likeness (QED) is 0.683. The Labute approximate surface area is 157 Å². The Morgan fingerprint density at radius 2 is 1.92 bits per heavy atom. The van der Waals surface area contributed by atoms with Crippen LogP contribution in [0, 0.1) is 6.92 Å². The Morgan fingerprint density at radius 1 is 1.15 bits per heavy atom. The minimum absolute atomic E-state index is 0.0450. The third kappa shape index (κ3) is 3.97. The number of anilines is 1. The number of benzene rings is 1. The number of hydrogen-bond acceptors (Lipinski definition) is 5. The van der Waals surface area contributed by atoms with Crippen LogP contribution in [0.15, 0.2) is 59.8 Å². The molecular weight excluding hydrogens is 373 g/mol. The molecule has 2 radical (unpaired) electrons. The van der Waals surface area contributed by atoms with Crippen molar-refractivity contribution in [1.82, 2.24) is 9.97 Å². The van der Waals surface area contributed by atoms with Crippen LogP contribution >= 0.6 is 11.6 Å². The van der Waals surface area contributed by atoms with E-state index in [4.69, 9.17) is 24.2 Å². The average molecular weight is 386 g/mol. The van der Waals surface area contributed by atoms with E-state index in [2.05, 4.69) is 14.7 Å². The minimum Gasteiger partial charge on any atom is -0.435 e. The van der Waals surface area contributed by atoms with E-state index in [1.165, 1.54) is 24.4 Å². The molecule has 0 bridgehead atoms. The first-order valence-electron chi connectivity index (χ1n) is 7.49. The summed E-state index contributed by atoms with van der Waals surface area (Å²) in [5.41, 5.74) is 0.843. The molecule has 1 aromatic carbocycles. The number of halogens is 1. The highest BCUT2D eigenvalue weighted by Gasteiger charge is 2.20. The number of pyridine rings is 2. The Bertz CT molecular complexity index is 1060. The van der Waals surface area contributed by atoms with Crippen molar-refractivity contribution in [1.29, 1.82) is 0 Å². The zero-order valence-corrected chi connectivity index (χ0v) is 15.3. The summed E-state index contributed by atoms with van der Waals surface area (Å²) in [5, 5.41) is 0.249. The predicted molar refractivity (Wildman–Crippen MR) is 101 cm³/mol. The lowest BCUT2D eigenvalue weighted by Gasteiger charge is -2.14. The van der Waals surface area contributed by atoms with E-state index in [1.807, 2.05) is 0 Å². The molecule has 9 heteroatoms. The van der Waals surface area contributed by atoms with Crippen molar-refractivity contribution < 1.29 is 13.2 Å². The normalized spacial score (nSPS) is 11.2. The molecular formula is C17H13BClN3O3S. The Morgan fingerprint density at radius 3 is 2.65 bits per heavy atom. The van der Waals surface area contributed by atoms with Gasteiger partial charge in [0, 0.05) is 12.4 Å². The molecule has 0 aliphatic carbocycles. The Hall–Kier alpha value is -2.58. The summed E-state index contributed by atoms with van der Waals surface area (Å²) in [6, 6.07) is 10.9. The fraction of sp³-hybridized carbons (Fsp3) is 0.0588. The maximum absolute atomic E-state index is 12.7. The van der Waals surface area contributed by atoms with Gasteiger partial charge in [0.2, 0.25) is 5.88 Å². The number of sulfonamides is 1. The zero-order chi connectivity index (χ0) is 18.7. The molecule has 6 nitrogen and oxygen atoms in total. The van der Waals surface area contributed by atoms with E-state index < -0.39 is 10.0 Å². The summed E-state index contributed by atoms with van der Waals surface area (Å²) in [4.78, 5) is 8.14. The zero-order valence-electron chi connectivity index (χ0n) is 13.7. The van der Waals surface area contributed by atoms with Gasteiger partial charge in [-0.3, -0.25) is 9.71 Å². The smallest absolute Gasteiger partial charge is 0.261 e. The third-order valence-electron chi connectivity index (χ3n) is 3.44. The number of aromatic nitrogens is 2. The molecule has 1 N–H and O–H groups in total. The molecule has 0 saturated carbocycles. The first-order valence-corrected chi connectivity index (χ1v) is 9.35. The first-order chi connectivity index (χ1) is 12.4. The topological polar surface area (TPSA) is 81.2 Å². The van der Waals surface area contributed by atoms with Gasteiger partial charge in [0.15, 0.2) is 5.75 Å². The van der Waals surface area contributed by atoms with Gasteiger partial charge in [-0.1, -0.05) is 35.3 Å². The van der Waals surface area contributed by atoms with Crippen molar-refractivity contribution in [3.8, 4) is 11.6 Å². The van der Waals surface area contributed by atoms with Crippen molar-refractivity contribution in [2.24, 2.45) is 0 Å². The SMILES string of the molecule is [B]c1ccccc1S(=O)(=O)Nc1cc(Cl)cnc1Oc1cccnc1C. The summed E-state index contributed by atoms with van der Waals surface area (Å²) in [5.74, 6) is 0.491. The molecule has 26 heavy (non-hydrogen) atoms. The molecule has 130 valence electrons. The first kappa shape index (κ1) is 18.2. The van der Waals surface area contributed by atoms with E-state index in [0.29, 0.717) is 11.4 Å². The van der Waals surface area contributed by atoms with Crippen LogP contribution in [-0.2, 0) is 10.0 Å². The summed E-state index contributed by atoms with van der Waals surface area (Å²) >= 11 is 5.97. The fourth-order valence-corrected chi connectivity index (χ4v) is 3.53. The van der Waals surface area contributed by atoms with Crippen LogP contribution in [0.1, 0.15) is 5.69 Å². The van der Waals surface area contributed by atoms with Gasteiger partial charge in [0.25, 0.3) is 10.0 Å². The Kier molecular flexibility index (Phi) is 5.15. The highest BCUT2D eigenvalue weighted by atomic mass is 35.5. The molecule has 0 aliphatic rings. The van der Waals surface area contributed by atoms with Crippen LogP contribution < -0.4 is 14.9 Å². The lowest BCUT2D eigenvalue weighted by Crippen LogP contribution is -2.21. The second kappa shape index (κ2) is 7.35. The van der Waals surface area contributed by atoms with Crippen LogP contribution in [0.5, 0.6) is 11.6 Å². The molecule has 0 spiro atoms. The van der Waals surface area contributed by atoms with Gasteiger partial charge in [0.1, 0.15) is 13.5 Å². The second-order valence-electron chi connectivity index (χ2n) is 5.34. The lowest BCUT2D eigenvalue weighted by atomic mass is 9.97. The number of hydrogen-bond donors (Lipinski definition) is 1. The molecule has 2 heterocycles. The van der Waals surface area contributed by atoms with Crippen LogP contribution in [0.3, 0.4) is 0 Å². The van der Waals surface area contributed by atoms with E-state index in [0.717, 1.165) is 0 Å². The highest BCUT2D eigenvalue weighted by molar-refractivity contribution is 7.93. The summed E-state index contributed by atoms with van der Waals surface area (Å²) < 4.78 is 33.5. The van der Waals surface area contributed by atoms with Gasteiger partial charge >= 0.3 is 0 Å². The molecule has 0 unspecified atom stereocenters. The van der Waals surface area contributed by atoms with Gasteiger partial charge < -0.3 is 4.74 Å². The summed E-state index contributed by atoms with van der Waals surface area (Å²) in [6.07, 6.45) is 2.98. The van der Waals surface area contributed by atoms with Gasteiger partial charge in [-0.2, -0.15) is 0 Å². The monoisotopic (exact) mass is 385 g/mol. The lowest BCUT2D eigenvalue weighted by molar-refractivity contribution is 0.459. The summed E-state index contributed by atoms with van der Waals surface area (Å²) in [6.45, 7) is 1.76. The van der Waals surface area contributed by atoms with E-state index >= 15 is 0 Å². The van der Waals surface area contributed by atoms with Crippen LogP contribution in [-0.4, -0.2) is 26.2 Å². The largest absolute Gasteiger partial charge is 0.435 e. The number of aryl methyl sites for hydroxylation is 1. The molecule has 0 aliphatic heterocycles. The van der Waals surface area contributed by atoms with Gasteiger partial charge in [-0.25, -0.2) is 13.4 Å². The van der Waals surface area contributed by atoms with E-state index in [-0.39, 0.29) is 26.9 Å². The number of nitrogens with one attached hydrogen (secondary N) is 1. The van der Waals surface area contributed by atoms with E-state index in [9.17, 15) is 8.42 Å². The van der Waals surface area contributed by atoms with Gasteiger partial charge in [-0.15, -0.1) is 0 Å². The van der Waals surface area contributed by atoms with Gasteiger partial charge in [-0.05, 0) is 31.2 Å². The van der Waals surface area contributed by atoms with Crippen molar-refractivity contribution in [2.75, 3.05) is 4.72 Å². The van der Waals surface area contributed by atoms with Crippen molar-refractivity contribution in [3.63, 3.8) is 0 Å². The number of nitrogens with zero attached hydrogens (tertiary/aromatic N) is 2. The molecule has 0 atom stereocenters. The number of rotatable bonds is 5. The van der Waals surface area contributed by atoms with Crippen molar-refractivity contribution >= 4 is 40.6 Å². The predicted octanol–water partition coefficient (Wildman–Crippen LogP) is 2.83. The average Bonchev–Trinajstić information content (AvgIpc) is 2.59. The molecule has 3 rings (SSSR count). The van der Waals surface area contributed by atoms with Crippen molar-refractivity contribution in [3.05, 3.63) is 65.6 Å². The van der Waals surface area contributed by atoms with Gasteiger partial charge in [0.05, 0.1) is 15.6 Å². The molecule has 2 aromatic heterocycles. The molecule has 0 amide bonds. The van der Waals surface area contributed by atoms with Crippen LogP contribution in [0.4, 0.5) is 5.69 Å². The highest BCUT2D eigenvalue weighted by Crippen LogP contribution is 2.31. The second-order valence-corrected chi connectivity index (χ2v) is 7.43. The minimum atomic E-state index is -3.95. The van der Waals surface area contributed by atoms with E-state index in [1.54, 1.807) is 37.4 Å². The fourth-order valence-electron chi connectivity index (χ4n) is 2.19. The number of ether oxygens (including phenoxy) is 1. The third-order valence-corrected chi connectivity index (χ3v) is 5.08. The summed E-state index contributed by atoms with van der Waals surface area (Å²) in [7, 11) is 1.82. The van der Waals surface area contributed by atoms with Crippen molar-refractivity contribution in [2.45, 2.75) is 11.8 Å². The maximum atomic E-state index is 12.7. The molecule has 0 fully saturated rings. The molecule has 0 saturated heterocycles. The standard InChI is InChI=1S/C17H13BClN3O3S/c1-11-15(6-4-8-20-11)25-17-14(9-12(19)10-21-17)22-26(23,24)16-7-3-2-5-13(16)18/h2-10,22H,1H3. The molecule has 3 aromatic rings. The maximum Gasteiger partial charge on any atom is 0.261 e. The Balaban J connectivity index is 1.99.